The number of hydrogen-bond donors (Lipinski definition) is 2. The van der Waals surface area contributed by atoms with E-state index in [2.05, 4.69) is 10.6 Å². The lowest BCUT2D eigenvalue weighted by molar-refractivity contribution is -0.126. The topological polar surface area (TPSA) is 103 Å². The number of aryl methyl sites for hydroxylation is 1. The molecule has 0 unspecified atom stereocenters. The van der Waals surface area contributed by atoms with Gasteiger partial charge in [-0.1, -0.05) is 25.1 Å². The van der Waals surface area contributed by atoms with Gasteiger partial charge >= 0.3 is 5.97 Å². The van der Waals surface area contributed by atoms with Gasteiger partial charge in [-0.25, -0.2) is 4.79 Å². The highest BCUT2D eigenvalue weighted by Crippen LogP contribution is 2.23. The first-order chi connectivity index (χ1) is 14.0. The van der Waals surface area contributed by atoms with Crippen molar-refractivity contribution in [2.24, 2.45) is 0 Å². The van der Waals surface area contributed by atoms with Crippen LogP contribution in [0, 0.1) is 0 Å². The van der Waals surface area contributed by atoms with E-state index >= 15 is 0 Å². The molecule has 0 bridgehead atoms. The quantitative estimate of drug-likeness (QED) is 0.626. The molecule has 0 aliphatic rings. The molecule has 0 saturated carbocycles. The summed E-state index contributed by atoms with van der Waals surface area (Å²) in [4.78, 5) is 36.1. The molecule has 0 atom stereocenters. The Balaban J connectivity index is 1.82. The zero-order valence-electron chi connectivity index (χ0n) is 16.6. The van der Waals surface area contributed by atoms with E-state index in [1.54, 1.807) is 12.1 Å². The van der Waals surface area contributed by atoms with Gasteiger partial charge in [-0.05, 0) is 30.2 Å². The van der Waals surface area contributed by atoms with Crippen molar-refractivity contribution in [3.8, 4) is 11.5 Å². The van der Waals surface area contributed by atoms with Gasteiger partial charge in [0.2, 0.25) is 5.91 Å². The average molecular weight is 400 g/mol. The molecule has 0 aromatic heterocycles. The standard InChI is InChI=1S/C21H24N2O6/c1-4-14-7-5-6-8-18(14)23-19(24)12-22-20(25)13-29-21(26)15-9-16(27-2)11-17(10-15)28-3/h5-11H,4,12-13H2,1-3H3,(H,22,25)(H,23,24). The molecule has 2 aromatic carbocycles. The van der Waals surface area contributed by atoms with Crippen molar-refractivity contribution in [2.45, 2.75) is 13.3 Å². The highest BCUT2D eigenvalue weighted by Gasteiger charge is 2.14. The first kappa shape index (κ1) is 21.7. The first-order valence-electron chi connectivity index (χ1n) is 9.01. The molecule has 29 heavy (non-hydrogen) atoms. The molecule has 2 aromatic rings. The van der Waals surface area contributed by atoms with E-state index in [0.29, 0.717) is 17.2 Å². The number of benzene rings is 2. The van der Waals surface area contributed by atoms with Crippen LogP contribution in [0.25, 0.3) is 0 Å². The van der Waals surface area contributed by atoms with Gasteiger partial charge in [0.05, 0.1) is 26.3 Å². The van der Waals surface area contributed by atoms with Gasteiger partial charge < -0.3 is 24.8 Å². The number of amides is 2. The van der Waals surface area contributed by atoms with Crippen LogP contribution in [-0.2, 0) is 20.7 Å². The minimum atomic E-state index is -0.710. The molecule has 0 heterocycles. The smallest absolute Gasteiger partial charge is 0.338 e. The number of methoxy groups -OCH3 is 2. The minimum absolute atomic E-state index is 0.183. The van der Waals surface area contributed by atoms with Crippen LogP contribution in [0.1, 0.15) is 22.8 Å². The van der Waals surface area contributed by atoms with Crippen LogP contribution < -0.4 is 20.1 Å². The molecular formula is C21H24N2O6. The van der Waals surface area contributed by atoms with Gasteiger partial charge in [0.1, 0.15) is 11.5 Å². The Morgan fingerprint density at radius 3 is 2.21 bits per heavy atom. The summed E-state index contributed by atoms with van der Waals surface area (Å²) in [6, 6.07) is 12.0. The summed E-state index contributed by atoms with van der Waals surface area (Å²) in [7, 11) is 2.92. The molecule has 8 heteroatoms. The predicted octanol–water partition coefficient (Wildman–Crippen LogP) is 2.18. The van der Waals surface area contributed by atoms with Crippen molar-refractivity contribution < 1.29 is 28.6 Å². The van der Waals surface area contributed by atoms with Crippen LogP contribution in [0.5, 0.6) is 11.5 Å². The van der Waals surface area contributed by atoms with Crippen molar-refractivity contribution in [1.29, 1.82) is 0 Å². The molecule has 0 saturated heterocycles. The van der Waals surface area contributed by atoms with Gasteiger partial charge in [0, 0.05) is 11.8 Å². The first-order valence-corrected chi connectivity index (χ1v) is 9.01. The van der Waals surface area contributed by atoms with Crippen LogP contribution in [0.4, 0.5) is 5.69 Å². The lowest BCUT2D eigenvalue weighted by atomic mass is 10.1. The van der Waals surface area contributed by atoms with Crippen molar-refractivity contribution in [1.82, 2.24) is 5.32 Å². The molecule has 2 amide bonds. The van der Waals surface area contributed by atoms with E-state index in [1.165, 1.54) is 26.4 Å². The molecule has 2 N–H and O–H groups in total. The maximum Gasteiger partial charge on any atom is 0.338 e. The Kier molecular flexibility index (Phi) is 8.02. The highest BCUT2D eigenvalue weighted by molar-refractivity contribution is 5.96. The van der Waals surface area contributed by atoms with Crippen molar-refractivity contribution in [3.05, 3.63) is 53.6 Å². The predicted molar refractivity (Wildman–Crippen MR) is 107 cm³/mol. The van der Waals surface area contributed by atoms with E-state index in [-0.39, 0.29) is 18.0 Å². The Hall–Kier alpha value is -3.55. The SMILES string of the molecule is CCc1ccccc1NC(=O)CNC(=O)COC(=O)c1cc(OC)cc(OC)c1. The summed E-state index contributed by atoms with van der Waals surface area (Å²) in [6.07, 6.45) is 0.772. The lowest BCUT2D eigenvalue weighted by Crippen LogP contribution is -2.35. The van der Waals surface area contributed by atoms with Crippen LogP contribution >= 0.6 is 0 Å². The number of carbonyl (C=O) groups is 3. The fourth-order valence-electron chi connectivity index (χ4n) is 2.51. The second kappa shape index (κ2) is 10.7. The number of ether oxygens (including phenoxy) is 3. The van der Waals surface area contributed by atoms with E-state index in [0.717, 1.165) is 12.0 Å². The second-order valence-electron chi connectivity index (χ2n) is 6.01. The fraction of sp³-hybridized carbons (Fsp3) is 0.286. The summed E-state index contributed by atoms with van der Waals surface area (Å²) in [5.74, 6) is -0.830. The number of carbonyl (C=O) groups excluding carboxylic acids is 3. The Bertz CT molecular complexity index is 859. The maximum absolute atomic E-state index is 12.1. The minimum Gasteiger partial charge on any atom is -0.497 e. The van der Waals surface area contributed by atoms with E-state index in [4.69, 9.17) is 14.2 Å². The number of esters is 1. The van der Waals surface area contributed by atoms with Crippen molar-refractivity contribution >= 4 is 23.5 Å². The van der Waals surface area contributed by atoms with E-state index in [1.807, 2.05) is 25.1 Å². The molecule has 2 rings (SSSR count). The van der Waals surface area contributed by atoms with Gasteiger partial charge in [-0.2, -0.15) is 0 Å². The molecule has 0 spiro atoms. The van der Waals surface area contributed by atoms with Gasteiger partial charge in [0.15, 0.2) is 6.61 Å². The zero-order chi connectivity index (χ0) is 21.2. The van der Waals surface area contributed by atoms with Crippen molar-refractivity contribution in [3.63, 3.8) is 0 Å². The largest absolute Gasteiger partial charge is 0.497 e. The Labute approximate surface area is 169 Å². The number of anilines is 1. The third-order valence-corrected chi connectivity index (χ3v) is 4.04. The fourth-order valence-corrected chi connectivity index (χ4v) is 2.51. The van der Waals surface area contributed by atoms with Crippen LogP contribution in [-0.4, -0.2) is 45.2 Å². The van der Waals surface area contributed by atoms with E-state index < -0.39 is 18.5 Å². The van der Waals surface area contributed by atoms with Crippen LogP contribution in [0.2, 0.25) is 0 Å². The van der Waals surface area contributed by atoms with Crippen LogP contribution in [0.15, 0.2) is 42.5 Å². The Morgan fingerprint density at radius 1 is 0.931 bits per heavy atom. The van der Waals surface area contributed by atoms with Gasteiger partial charge in [-0.15, -0.1) is 0 Å². The number of hydrogen-bond acceptors (Lipinski definition) is 6. The summed E-state index contributed by atoms with van der Waals surface area (Å²) in [5, 5.41) is 5.16. The number of nitrogens with one attached hydrogen (secondary N) is 2. The molecule has 0 fully saturated rings. The average Bonchev–Trinajstić information content (AvgIpc) is 2.75. The Morgan fingerprint density at radius 2 is 1.59 bits per heavy atom. The molecular weight excluding hydrogens is 376 g/mol. The molecule has 0 aliphatic carbocycles. The van der Waals surface area contributed by atoms with Crippen LogP contribution in [0.3, 0.4) is 0 Å². The number of para-hydroxylation sites is 1. The number of rotatable bonds is 9. The molecule has 0 radical (unpaired) electrons. The molecule has 8 nitrogen and oxygen atoms in total. The second-order valence-corrected chi connectivity index (χ2v) is 6.01. The third-order valence-electron chi connectivity index (χ3n) is 4.04. The van der Waals surface area contributed by atoms with Gasteiger partial charge in [0.25, 0.3) is 5.91 Å². The van der Waals surface area contributed by atoms with Gasteiger partial charge in [-0.3, -0.25) is 9.59 Å². The monoisotopic (exact) mass is 400 g/mol. The summed E-state index contributed by atoms with van der Waals surface area (Å²) in [6.45, 7) is 1.23. The van der Waals surface area contributed by atoms with E-state index in [9.17, 15) is 14.4 Å². The maximum atomic E-state index is 12.1. The summed E-state index contributed by atoms with van der Waals surface area (Å²) >= 11 is 0. The third kappa shape index (κ3) is 6.53. The normalized spacial score (nSPS) is 10.0. The van der Waals surface area contributed by atoms with Crippen molar-refractivity contribution in [2.75, 3.05) is 32.7 Å². The lowest BCUT2D eigenvalue weighted by Gasteiger charge is -2.11. The molecule has 0 aliphatic heterocycles. The molecule has 154 valence electrons. The zero-order valence-corrected chi connectivity index (χ0v) is 16.6. The summed E-state index contributed by atoms with van der Waals surface area (Å²) < 4.78 is 15.2. The summed E-state index contributed by atoms with van der Waals surface area (Å²) in [5.41, 5.74) is 1.88. The highest BCUT2D eigenvalue weighted by atomic mass is 16.5.